The second-order valence-electron chi connectivity index (χ2n) is 11.9. The van der Waals surface area contributed by atoms with Gasteiger partial charge in [-0.15, -0.1) is 0 Å². The molecular weight excluding hydrogens is 404 g/mol. The van der Waals surface area contributed by atoms with Gasteiger partial charge in [-0.05, 0) is 58.8 Å². The maximum absolute atomic E-state index is 13.1. The third-order valence-corrected chi connectivity index (χ3v) is 7.06. The number of hydrogen-bond acceptors (Lipinski definition) is 1. The zero-order valence-corrected chi connectivity index (χ0v) is 21.8. The van der Waals surface area contributed by atoms with Crippen molar-refractivity contribution in [3.8, 4) is 0 Å². The van der Waals surface area contributed by atoms with Gasteiger partial charge >= 0.3 is 6.03 Å². The average Bonchev–Trinajstić information content (AvgIpc) is 3.21. The van der Waals surface area contributed by atoms with Crippen LogP contribution in [0.15, 0.2) is 42.5 Å². The van der Waals surface area contributed by atoms with Crippen LogP contribution < -0.4 is 10.6 Å². The first-order chi connectivity index (χ1) is 15.5. The van der Waals surface area contributed by atoms with Gasteiger partial charge in [-0.2, -0.15) is 0 Å². The van der Waals surface area contributed by atoms with Crippen LogP contribution in [-0.4, -0.2) is 12.6 Å². The SMILES string of the molecule is CC(C)c1cccc(C(C)C)c1NC(=O)NCC1(c2ccc(CC(C)(C)C)cc2)CCCC1. The van der Waals surface area contributed by atoms with E-state index in [2.05, 4.69) is 102 Å². The van der Waals surface area contributed by atoms with E-state index in [4.69, 9.17) is 0 Å². The van der Waals surface area contributed by atoms with Crippen molar-refractivity contribution in [1.29, 1.82) is 0 Å². The minimum Gasteiger partial charge on any atom is -0.337 e. The van der Waals surface area contributed by atoms with Crippen LogP contribution in [0.1, 0.15) is 108 Å². The van der Waals surface area contributed by atoms with Gasteiger partial charge in [0.1, 0.15) is 0 Å². The van der Waals surface area contributed by atoms with E-state index < -0.39 is 0 Å². The van der Waals surface area contributed by atoms with Crippen LogP contribution in [0.2, 0.25) is 0 Å². The Bertz CT molecular complexity index is 903. The molecule has 0 spiro atoms. The summed E-state index contributed by atoms with van der Waals surface area (Å²) < 4.78 is 0. The van der Waals surface area contributed by atoms with Gasteiger partial charge in [0.2, 0.25) is 0 Å². The van der Waals surface area contributed by atoms with Crippen LogP contribution in [0.5, 0.6) is 0 Å². The van der Waals surface area contributed by atoms with Crippen molar-refractivity contribution in [3.05, 3.63) is 64.7 Å². The Morgan fingerprint density at radius 3 is 1.94 bits per heavy atom. The minimum atomic E-state index is -0.0966. The zero-order valence-electron chi connectivity index (χ0n) is 21.8. The lowest BCUT2D eigenvalue weighted by Gasteiger charge is -2.31. The predicted octanol–water partition coefficient (Wildman–Crippen LogP) is 8.16. The van der Waals surface area contributed by atoms with Crippen molar-refractivity contribution in [1.82, 2.24) is 5.32 Å². The summed E-state index contributed by atoms with van der Waals surface area (Å²) in [6, 6.07) is 15.4. The van der Waals surface area contributed by atoms with Gasteiger partial charge in [0.25, 0.3) is 0 Å². The summed E-state index contributed by atoms with van der Waals surface area (Å²) in [6.45, 7) is 16.2. The highest BCUT2D eigenvalue weighted by molar-refractivity contribution is 5.91. The number of anilines is 1. The molecular formula is C30H44N2O. The van der Waals surface area contributed by atoms with E-state index in [1.165, 1.54) is 35.1 Å². The highest BCUT2D eigenvalue weighted by Gasteiger charge is 2.36. The highest BCUT2D eigenvalue weighted by atomic mass is 16.2. The molecule has 0 heterocycles. The van der Waals surface area contributed by atoms with Gasteiger partial charge in [-0.3, -0.25) is 0 Å². The summed E-state index contributed by atoms with van der Waals surface area (Å²) in [4.78, 5) is 13.1. The minimum absolute atomic E-state index is 0.0377. The number of rotatable bonds is 7. The third-order valence-electron chi connectivity index (χ3n) is 7.06. The van der Waals surface area contributed by atoms with E-state index in [9.17, 15) is 4.79 Å². The predicted molar refractivity (Wildman–Crippen MR) is 141 cm³/mol. The molecule has 2 aromatic carbocycles. The van der Waals surface area contributed by atoms with Gasteiger partial charge in [0.15, 0.2) is 0 Å². The largest absolute Gasteiger partial charge is 0.337 e. The maximum atomic E-state index is 13.1. The molecule has 1 aliphatic rings. The molecule has 2 N–H and O–H groups in total. The van der Waals surface area contributed by atoms with Crippen LogP contribution >= 0.6 is 0 Å². The molecule has 2 amide bonds. The number of urea groups is 1. The molecule has 0 atom stereocenters. The molecule has 0 saturated heterocycles. The summed E-state index contributed by atoms with van der Waals surface area (Å²) in [5.74, 6) is 0.707. The van der Waals surface area contributed by atoms with Crippen molar-refractivity contribution >= 4 is 11.7 Å². The number of para-hydroxylation sites is 1. The van der Waals surface area contributed by atoms with Crippen molar-refractivity contribution in [2.45, 2.75) is 97.8 Å². The maximum Gasteiger partial charge on any atom is 0.319 e. The molecule has 1 fully saturated rings. The molecule has 2 aromatic rings. The monoisotopic (exact) mass is 448 g/mol. The Morgan fingerprint density at radius 1 is 0.909 bits per heavy atom. The van der Waals surface area contributed by atoms with Gasteiger partial charge in [0, 0.05) is 17.6 Å². The fourth-order valence-corrected chi connectivity index (χ4v) is 5.31. The number of carbonyl (C=O) groups excluding carboxylic acids is 1. The first kappa shape index (κ1) is 25.3. The fraction of sp³-hybridized carbons (Fsp3) is 0.567. The third kappa shape index (κ3) is 6.40. The second kappa shape index (κ2) is 10.3. The van der Waals surface area contributed by atoms with Crippen LogP contribution in [-0.2, 0) is 11.8 Å². The number of nitrogens with one attached hydrogen (secondary N) is 2. The molecule has 3 nitrogen and oxygen atoms in total. The highest BCUT2D eigenvalue weighted by Crippen LogP contribution is 2.41. The zero-order chi connectivity index (χ0) is 24.2. The first-order valence-corrected chi connectivity index (χ1v) is 12.8. The number of carbonyl (C=O) groups is 1. The van der Waals surface area contributed by atoms with Crippen molar-refractivity contribution in [2.75, 3.05) is 11.9 Å². The molecule has 1 saturated carbocycles. The normalized spacial score (nSPS) is 15.8. The molecule has 0 aromatic heterocycles. The summed E-state index contributed by atoms with van der Waals surface area (Å²) in [5.41, 5.74) is 6.44. The lowest BCUT2D eigenvalue weighted by molar-refractivity contribution is 0.248. The van der Waals surface area contributed by atoms with Crippen LogP contribution in [0.25, 0.3) is 0 Å². The number of amides is 2. The summed E-state index contributed by atoms with van der Waals surface area (Å²) in [7, 11) is 0. The van der Waals surface area contributed by atoms with Crippen LogP contribution in [0.4, 0.5) is 10.5 Å². The van der Waals surface area contributed by atoms with Crippen LogP contribution in [0, 0.1) is 5.41 Å². The van der Waals surface area contributed by atoms with Crippen molar-refractivity contribution in [2.24, 2.45) is 5.41 Å². The van der Waals surface area contributed by atoms with E-state index in [-0.39, 0.29) is 16.9 Å². The molecule has 3 heteroatoms. The number of hydrogen-bond donors (Lipinski definition) is 2. The van der Waals surface area contributed by atoms with E-state index in [1.807, 2.05) is 0 Å². The Balaban J connectivity index is 1.74. The van der Waals surface area contributed by atoms with E-state index >= 15 is 0 Å². The Hall–Kier alpha value is -2.29. The molecule has 0 unspecified atom stereocenters. The molecule has 0 bridgehead atoms. The quantitative estimate of drug-likeness (QED) is 0.441. The fourth-order valence-electron chi connectivity index (χ4n) is 5.31. The number of benzene rings is 2. The second-order valence-corrected chi connectivity index (χ2v) is 11.9. The smallest absolute Gasteiger partial charge is 0.319 e. The molecule has 1 aliphatic carbocycles. The van der Waals surface area contributed by atoms with Crippen molar-refractivity contribution < 1.29 is 4.79 Å². The summed E-state index contributed by atoms with van der Waals surface area (Å²) in [6.07, 6.45) is 5.78. The van der Waals surface area contributed by atoms with Gasteiger partial charge < -0.3 is 10.6 Å². The Labute approximate surface area is 201 Å². The van der Waals surface area contributed by atoms with Crippen LogP contribution in [0.3, 0.4) is 0 Å². The first-order valence-electron chi connectivity index (χ1n) is 12.8. The lowest BCUT2D eigenvalue weighted by Crippen LogP contribution is -2.41. The average molecular weight is 449 g/mol. The van der Waals surface area contributed by atoms with Gasteiger partial charge in [-0.25, -0.2) is 4.79 Å². The van der Waals surface area contributed by atoms with E-state index in [1.54, 1.807) is 0 Å². The Kier molecular flexibility index (Phi) is 7.92. The molecule has 0 radical (unpaired) electrons. The molecule has 3 rings (SSSR count). The molecule has 33 heavy (non-hydrogen) atoms. The van der Waals surface area contributed by atoms with Gasteiger partial charge in [0.05, 0.1) is 0 Å². The van der Waals surface area contributed by atoms with Crippen molar-refractivity contribution in [3.63, 3.8) is 0 Å². The van der Waals surface area contributed by atoms with E-state index in [0.29, 0.717) is 18.4 Å². The lowest BCUT2D eigenvalue weighted by atomic mass is 9.78. The summed E-state index contributed by atoms with van der Waals surface area (Å²) >= 11 is 0. The van der Waals surface area contributed by atoms with E-state index in [0.717, 1.165) is 24.9 Å². The molecule has 180 valence electrons. The Morgan fingerprint density at radius 2 is 1.45 bits per heavy atom. The molecule has 0 aliphatic heterocycles. The summed E-state index contributed by atoms with van der Waals surface area (Å²) in [5, 5.41) is 6.47. The topological polar surface area (TPSA) is 41.1 Å². The standard InChI is InChI=1S/C30H44N2O/c1-21(2)25-11-10-12-26(22(3)4)27(25)32-28(33)31-20-30(17-8-9-18-30)24-15-13-23(14-16-24)19-29(5,6)7/h10-16,21-22H,8-9,17-20H2,1-7H3,(H2,31,32,33). The van der Waals surface area contributed by atoms with Gasteiger partial charge in [-0.1, -0.05) is 104 Å².